The Balaban J connectivity index is 2.40. The van der Waals surface area contributed by atoms with Gasteiger partial charge in [-0.15, -0.1) is 0 Å². The summed E-state index contributed by atoms with van der Waals surface area (Å²) in [4.78, 5) is 0. The van der Waals surface area contributed by atoms with Crippen LogP contribution in [0.25, 0.3) is 0 Å². The molecule has 96 valence electrons. The molecule has 3 heteroatoms. The van der Waals surface area contributed by atoms with E-state index in [2.05, 4.69) is 76.6 Å². The van der Waals surface area contributed by atoms with Crippen molar-refractivity contribution < 1.29 is 4.74 Å². The van der Waals surface area contributed by atoms with Gasteiger partial charge in [-0.05, 0) is 36.5 Å². The van der Waals surface area contributed by atoms with Crippen LogP contribution in [0.4, 0.5) is 0 Å². The third kappa shape index (κ3) is 6.20. The minimum absolute atomic E-state index is 0.232. The van der Waals surface area contributed by atoms with Gasteiger partial charge in [-0.25, -0.2) is 0 Å². The lowest BCUT2D eigenvalue weighted by atomic mass is 10.1. The minimum atomic E-state index is 0.232. The predicted molar refractivity (Wildman–Crippen MR) is 85.8 cm³/mol. The smallest absolute Gasteiger partial charge is 0.0914 e. The Morgan fingerprint density at radius 1 is 1.24 bits per heavy atom. The molecule has 0 radical (unpaired) electrons. The van der Waals surface area contributed by atoms with Gasteiger partial charge in [-0.3, -0.25) is 0 Å². The fraction of sp³-hybridized carbons (Fsp3) is 0.571. The van der Waals surface area contributed by atoms with Crippen molar-refractivity contribution in [3.63, 3.8) is 0 Å². The van der Waals surface area contributed by atoms with Crippen LogP contribution < -0.4 is 0 Å². The summed E-state index contributed by atoms with van der Waals surface area (Å²) >= 11 is 5.84. The molecule has 0 bridgehead atoms. The molecule has 0 N–H and O–H groups in total. The zero-order chi connectivity index (χ0) is 12.7. The lowest BCUT2D eigenvalue weighted by Crippen LogP contribution is -2.07. The summed E-state index contributed by atoms with van der Waals surface area (Å²) in [5.41, 5.74) is 1.27. The van der Waals surface area contributed by atoms with Crippen molar-refractivity contribution in [3.05, 3.63) is 34.3 Å². The molecule has 1 unspecified atom stereocenters. The Morgan fingerprint density at radius 3 is 2.41 bits per heavy atom. The van der Waals surface area contributed by atoms with Gasteiger partial charge in [0.15, 0.2) is 0 Å². The highest BCUT2D eigenvalue weighted by Crippen LogP contribution is 2.22. The standard InChI is InChI=1S/C14H20BrIO/c1-11(2)4-3-9-17-14(10-16)12-5-7-13(15)8-6-12/h5-8,11,14H,3-4,9-10H2,1-2H3. The third-order valence-corrected chi connectivity index (χ3v) is 3.96. The zero-order valence-electron chi connectivity index (χ0n) is 10.5. The second kappa shape index (κ2) is 8.48. The van der Waals surface area contributed by atoms with Crippen molar-refractivity contribution in [3.8, 4) is 0 Å². The number of hydrogen-bond acceptors (Lipinski definition) is 1. The largest absolute Gasteiger partial charge is 0.373 e. The average Bonchev–Trinajstić information content (AvgIpc) is 2.30. The third-order valence-electron chi connectivity index (χ3n) is 2.63. The molecule has 0 saturated carbocycles. The molecule has 1 aromatic carbocycles. The summed E-state index contributed by atoms with van der Waals surface area (Å²) in [6, 6.07) is 8.42. The quantitative estimate of drug-likeness (QED) is 0.333. The molecule has 1 nitrogen and oxygen atoms in total. The molecule has 1 aromatic rings. The molecule has 0 heterocycles. The Labute approximate surface area is 127 Å². The van der Waals surface area contributed by atoms with Gasteiger partial charge >= 0.3 is 0 Å². The first kappa shape index (κ1) is 15.4. The van der Waals surface area contributed by atoms with Gasteiger partial charge in [-0.1, -0.05) is 64.5 Å². The number of benzene rings is 1. The van der Waals surface area contributed by atoms with Gasteiger partial charge in [-0.2, -0.15) is 0 Å². The number of rotatable bonds is 7. The van der Waals surface area contributed by atoms with Gasteiger partial charge in [0.2, 0.25) is 0 Å². The van der Waals surface area contributed by atoms with E-state index in [1.165, 1.54) is 12.0 Å². The lowest BCUT2D eigenvalue weighted by molar-refractivity contribution is 0.0666. The van der Waals surface area contributed by atoms with E-state index in [0.717, 1.165) is 27.8 Å². The molecule has 1 rings (SSSR count). The highest BCUT2D eigenvalue weighted by Gasteiger charge is 2.10. The Bertz CT molecular complexity index is 311. The van der Waals surface area contributed by atoms with Crippen LogP contribution in [0.3, 0.4) is 0 Å². The molecule has 0 fully saturated rings. The van der Waals surface area contributed by atoms with Crippen LogP contribution >= 0.6 is 38.5 Å². The summed E-state index contributed by atoms with van der Waals surface area (Å²) in [6.45, 7) is 5.37. The van der Waals surface area contributed by atoms with Crippen molar-refractivity contribution in [1.29, 1.82) is 0 Å². The number of alkyl halides is 1. The maximum atomic E-state index is 5.94. The topological polar surface area (TPSA) is 9.23 Å². The first-order valence-corrected chi connectivity index (χ1v) is 8.38. The van der Waals surface area contributed by atoms with Crippen LogP contribution in [0.2, 0.25) is 0 Å². The highest BCUT2D eigenvalue weighted by molar-refractivity contribution is 14.1. The molecular formula is C14H20BrIO. The van der Waals surface area contributed by atoms with Gasteiger partial charge < -0.3 is 4.74 Å². The van der Waals surface area contributed by atoms with Crippen molar-refractivity contribution >= 4 is 38.5 Å². The first-order valence-electron chi connectivity index (χ1n) is 6.06. The fourth-order valence-electron chi connectivity index (χ4n) is 1.62. The fourth-order valence-corrected chi connectivity index (χ4v) is 2.65. The van der Waals surface area contributed by atoms with E-state index in [1.807, 2.05) is 0 Å². The Morgan fingerprint density at radius 2 is 1.88 bits per heavy atom. The molecule has 0 aromatic heterocycles. The lowest BCUT2D eigenvalue weighted by Gasteiger charge is -2.16. The Kier molecular flexibility index (Phi) is 7.71. The first-order chi connectivity index (χ1) is 8.13. The molecule has 0 aliphatic carbocycles. The molecule has 1 atom stereocenters. The maximum absolute atomic E-state index is 5.94. The van der Waals surface area contributed by atoms with Crippen LogP contribution in [0.5, 0.6) is 0 Å². The van der Waals surface area contributed by atoms with Crippen LogP contribution in [-0.4, -0.2) is 11.0 Å². The second-order valence-corrected chi connectivity index (χ2v) is 6.40. The second-order valence-electron chi connectivity index (χ2n) is 4.60. The molecule has 0 amide bonds. The molecule has 0 aliphatic rings. The SMILES string of the molecule is CC(C)CCCOC(CI)c1ccc(Br)cc1. The molecule has 0 aliphatic heterocycles. The van der Waals surface area contributed by atoms with Crippen LogP contribution in [0.1, 0.15) is 38.4 Å². The normalized spacial score (nSPS) is 13.0. The van der Waals surface area contributed by atoms with Crippen molar-refractivity contribution in [2.75, 3.05) is 11.0 Å². The summed E-state index contributed by atoms with van der Waals surface area (Å²) in [5.74, 6) is 0.768. The van der Waals surface area contributed by atoms with E-state index in [-0.39, 0.29) is 6.10 Å². The zero-order valence-corrected chi connectivity index (χ0v) is 14.2. The van der Waals surface area contributed by atoms with E-state index >= 15 is 0 Å². The van der Waals surface area contributed by atoms with Crippen LogP contribution in [-0.2, 0) is 4.74 Å². The molecule has 17 heavy (non-hydrogen) atoms. The summed E-state index contributed by atoms with van der Waals surface area (Å²) in [6.07, 6.45) is 2.63. The number of ether oxygens (including phenoxy) is 1. The van der Waals surface area contributed by atoms with Crippen LogP contribution in [0, 0.1) is 5.92 Å². The van der Waals surface area contributed by atoms with Crippen LogP contribution in [0.15, 0.2) is 28.7 Å². The summed E-state index contributed by atoms with van der Waals surface area (Å²) < 4.78 is 8.06. The van der Waals surface area contributed by atoms with Gasteiger partial charge in [0.05, 0.1) is 6.10 Å². The average molecular weight is 411 g/mol. The summed E-state index contributed by atoms with van der Waals surface area (Å²) in [7, 11) is 0. The van der Waals surface area contributed by atoms with Crippen molar-refractivity contribution in [2.24, 2.45) is 5.92 Å². The maximum Gasteiger partial charge on any atom is 0.0914 e. The highest BCUT2D eigenvalue weighted by atomic mass is 127. The van der Waals surface area contributed by atoms with Crippen molar-refractivity contribution in [2.45, 2.75) is 32.8 Å². The molecule has 0 spiro atoms. The van der Waals surface area contributed by atoms with Gasteiger partial charge in [0.1, 0.15) is 0 Å². The molecular weight excluding hydrogens is 391 g/mol. The summed E-state index contributed by atoms with van der Waals surface area (Å²) in [5, 5.41) is 0. The van der Waals surface area contributed by atoms with E-state index in [0.29, 0.717) is 0 Å². The number of halogens is 2. The van der Waals surface area contributed by atoms with Gasteiger partial charge in [0, 0.05) is 15.5 Å². The number of hydrogen-bond donors (Lipinski definition) is 0. The minimum Gasteiger partial charge on any atom is -0.373 e. The van der Waals surface area contributed by atoms with E-state index < -0.39 is 0 Å². The van der Waals surface area contributed by atoms with Gasteiger partial charge in [0.25, 0.3) is 0 Å². The van der Waals surface area contributed by atoms with E-state index in [4.69, 9.17) is 4.74 Å². The van der Waals surface area contributed by atoms with E-state index in [1.54, 1.807) is 0 Å². The molecule has 0 saturated heterocycles. The Hall–Kier alpha value is 0.390. The monoisotopic (exact) mass is 410 g/mol. The predicted octanol–water partition coefficient (Wildman–Crippen LogP) is 5.38. The van der Waals surface area contributed by atoms with E-state index in [9.17, 15) is 0 Å². The van der Waals surface area contributed by atoms with Crippen molar-refractivity contribution in [1.82, 2.24) is 0 Å².